The molecular weight excluding hydrogens is 314 g/mol. The predicted molar refractivity (Wildman–Crippen MR) is 90.3 cm³/mol. The SMILES string of the molecule is CCCCCCCCCCCC(=O)N1CCC(CBr)C1. The number of nitrogens with zero attached hydrogens (tertiary/aromatic N) is 1. The molecule has 1 aliphatic heterocycles. The molecule has 1 fully saturated rings. The second-order valence-electron chi connectivity index (χ2n) is 6.23. The smallest absolute Gasteiger partial charge is 0.222 e. The predicted octanol–water partition coefficient (Wildman–Crippen LogP) is 5.15. The molecule has 1 unspecified atom stereocenters. The van der Waals surface area contributed by atoms with Crippen LogP contribution in [0.5, 0.6) is 0 Å². The van der Waals surface area contributed by atoms with Gasteiger partial charge in [-0.3, -0.25) is 4.79 Å². The second kappa shape index (κ2) is 11.6. The molecule has 1 atom stereocenters. The molecule has 1 saturated heterocycles. The first-order chi connectivity index (χ1) is 9.77. The van der Waals surface area contributed by atoms with Gasteiger partial charge in [0.1, 0.15) is 0 Å². The molecular formula is C17H32BrNO. The van der Waals surface area contributed by atoms with Gasteiger partial charge in [-0.05, 0) is 18.8 Å². The van der Waals surface area contributed by atoms with E-state index in [0.29, 0.717) is 11.8 Å². The van der Waals surface area contributed by atoms with Crippen LogP contribution in [0.15, 0.2) is 0 Å². The van der Waals surface area contributed by atoms with Crippen molar-refractivity contribution >= 4 is 21.8 Å². The second-order valence-corrected chi connectivity index (χ2v) is 6.87. The average Bonchev–Trinajstić information content (AvgIpc) is 2.94. The number of carbonyl (C=O) groups excluding carboxylic acids is 1. The molecule has 0 N–H and O–H groups in total. The molecule has 0 bridgehead atoms. The van der Waals surface area contributed by atoms with Crippen LogP contribution in [-0.4, -0.2) is 29.2 Å². The highest BCUT2D eigenvalue weighted by molar-refractivity contribution is 9.09. The van der Waals surface area contributed by atoms with Crippen molar-refractivity contribution in [1.82, 2.24) is 4.90 Å². The van der Waals surface area contributed by atoms with Gasteiger partial charge in [-0.2, -0.15) is 0 Å². The van der Waals surface area contributed by atoms with Gasteiger partial charge in [0.2, 0.25) is 5.91 Å². The van der Waals surface area contributed by atoms with Gasteiger partial charge in [0.25, 0.3) is 0 Å². The van der Waals surface area contributed by atoms with Crippen LogP contribution >= 0.6 is 15.9 Å². The largest absolute Gasteiger partial charge is 0.342 e. The van der Waals surface area contributed by atoms with Crippen LogP contribution in [0.25, 0.3) is 0 Å². The first-order valence-corrected chi connectivity index (χ1v) is 9.73. The van der Waals surface area contributed by atoms with Crippen molar-refractivity contribution in [2.24, 2.45) is 5.92 Å². The number of amides is 1. The fraction of sp³-hybridized carbons (Fsp3) is 0.941. The molecule has 3 heteroatoms. The number of unbranched alkanes of at least 4 members (excludes halogenated alkanes) is 8. The molecule has 0 aromatic rings. The van der Waals surface area contributed by atoms with Gasteiger partial charge in [0.05, 0.1) is 0 Å². The highest BCUT2D eigenvalue weighted by Crippen LogP contribution is 2.19. The molecule has 2 nitrogen and oxygen atoms in total. The molecule has 0 saturated carbocycles. The molecule has 0 aliphatic carbocycles. The van der Waals surface area contributed by atoms with Gasteiger partial charge in [-0.1, -0.05) is 74.2 Å². The van der Waals surface area contributed by atoms with Crippen molar-refractivity contribution in [3.63, 3.8) is 0 Å². The molecule has 0 aromatic heterocycles. The van der Waals surface area contributed by atoms with Crippen molar-refractivity contribution in [2.75, 3.05) is 18.4 Å². The summed E-state index contributed by atoms with van der Waals surface area (Å²) in [6.07, 6.45) is 13.8. The number of likely N-dealkylation sites (tertiary alicyclic amines) is 1. The van der Waals surface area contributed by atoms with E-state index in [0.717, 1.165) is 31.3 Å². The zero-order chi connectivity index (χ0) is 14.6. The van der Waals surface area contributed by atoms with E-state index in [1.165, 1.54) is 57.8 Å². The van der Waals surface area contributed by atoms with Crippen molar-refractivity contribution in [1.29, 1.82) is 0 Å². The van der Waals surface area contributed by atoms with Crippen molar-refractivity contribution < 1.29 is 4.79 Å². The van der Waals surface area contributed by atoms with Gasteiger partial charge in [0.15, 0.2) is 0 Å². The summed E-state index contributed by atoms with van der Waals surface area (Å²) in [4.78, 5) is 14.1. The van der Waals surface area contributed by atoms with Gasteiger partial charge >= 0.3 is 0 Å². The third kappa shape index (κ3) is 7.66. The Morgan fingerprint density at radius 3 is 2.20 bits per heavy atom. The van der Waals surface area contributed by atoms with Gasteiger partial charge in [-0.25, -0.2) is 0 Å². The van der Waals surface area contributed by atoms with E-state index in [9.17, 15) is 4.79 Å². The van der Waals surface area contributed by atoms with E-state index in [4.69, 9.17) is 0 Å². The average molecular weight is 346 g/mol. The van der Waals surface area contributed by atoms with Gasteiger partial charge in [-0.15, -0.1) is 0 Å². The summed E-state index contributed by atoms with van der Waals surface area (Å²) in [5.41, 5.74) is 0. The lowest BCUT2D eigenvalue weighted by Crippen LogP contribution is -2.28. The lowest BCUT2D eigenvalue weighted by atomic mass is 10.1. The van der Waals surface area contributed by atoms with E-state index in [1.54, 1.807) is 0 Å². The van der Waals surface area contributed by atoms with Crippen LogP contribution in [0.2, 0.25) is 0 Å². The molecule has 0 spiro atoms. The lowest BCUT2D eigenvalue weighted by Gasteiger charge is -2.15. The Labute approximate surface area is 133 Å². The zero-order valence-electron chi connectivity index (χ0n) is 13.2. The Hall–Kier alpha value is -0.0500. The molecule has 1 amide bonds. The molecule has 0 aromatic carbocycles. The molecule has 1 rings (SSSR count). The Kier molecular flexibility index (Phi) is 10.4. The van der Waals surface area contributed by atoms with Crippen molar-refractivity contribution in [3.05, 3.63) is 0 Å². The number of hydrogen-bond acceptors (Lipinski definition) is 1. The van der Waals surface area contributed by atoms with Crippen LogP contribution in [0.4, 0.5) is 0 Å². The Morgan fingerprint density at radius 1 is 1.05 bits per heavy atom. The molecule has 20 heavy (non-hydrogen) atoms. The fourth-order valence-corrected chi connectivity index (χ4v) is 3.46. The topological polar surface area (TPSA) is 20.3 Å². The van der Waals surface area contributed by atoms with E-state index < -0.39 is 0 Å². The maximum Gasteiger partial charge on any atom is 0.222 e. The van der Waals surface area contributed by atoms with Crippen molar-refractivity contribution in [3.8, 4) is 0 Å². The van der Waals surface area contributed by atoms with E-state index in [2.05, 4.69) is 27.8 Å². The maximum atomic E-state index is 12.0. The minimum Gasteiger partial charge on any atom is -0.342 e. The van der Waals surface area contributed by atoms with Crippen LogP contribution < -0.4 is 0 Å². The summed E-state index contributed by atoms with van der Waals surface area (Å²) >= 11 is 3.52. The normalized spacial score (nSPS) is 18.7. The number of alkyl halides is 1. The zero-order valence-corrected chi connectivity index (χ0v) is 14.8. The monoisotopic (exact) mass is 345 g/mol. The summed E-state index contributed by atoms with van der Waals surface area (Å²) in [6.45, 7) is 4.21. The van der Waals surface area contributed by atoms with Crippen LogP contribution in [0.3, 0.4) is 0 Å². The number of rotatable bonds is 11. The number of halogens is 1. The lowest BCUT2D eigenvalue weighted by molar-refractivity contribution is -0.130. The molecule has 1 heterocycles. The quantitative estimate of drug-likeness (QED) is 0.374. The first kappa shape index (κ1) is 18.0. The van der Waals surface area contributed by atoms with Gasteiger partial charge < -0.3 is 4.90 Å². The van der Waals surface area contributed by atoms with Crippen LogP contribution in [-0.2, 0) is 4.79 Å². The summed E-state index contributed by atoms with van der Waals surface area (Å²) < 4.78 is 0. The Bertz CT molecular complexity index is 257. The van der Waals surface area contributed by atoms with E-state index >= 15 is 0 Å². The minimum absolute atomic E-state index is 0.386. The van der Waals surface area contributed by atoms with Crippen molar-refractivity contribution in [2.45, 2.75) is 77.6 Å². The van der Waals surface area contributed by atoms with Crippen LogP contribution in [0, 0.1) is 5.92 Å². The third-order valence-electron chi connectivity index (χ3n) is 4.35. The van der Waals surface area contributed by atoms with E-state index in [-0.39, 0.29) is 0 Å². The van der Waals surface area contributed by atoms with Crippen LogP contribution in [0.1, 0.15) is 77.6 Å². The standard InChI is InChI=1S/C17H32BrNO/c1-2-3-4-5-6-7-8-9-10-11-17(20)19-13-12-16(14-18)15-19/h16H,2-15H2,1H3. The Balaban J connectivity index is 1.90. The maximum absolute atomic E-state index is 12.0. The highest BCUT2D eigenvalue weighted by atomic mass is 79.9. The minimum atomic E-state index is 0.386. The van der Waals surface area contributed by atoms with E-state index in [1.807, 2.05) is 0 Å². The summed E-state index contributed by atoms with van der Waals surface area (Å²) in [7, 11) is 0. The molecule has 0 radical (unpaired) electrons. The summed E-state index contributed by atoms with van der Waals surface area (Å²) in [5.74, 6) is 1.07. The fourth-order valence-electron chi connectivity index (χ4n) is 2.93. The molecule has 118 valence electrons. The third-order valence-corrected chi connectivity index (χ3v) is 5.27. The number of hydrogen-bond donors (Lipinski definition) is 0. The molecule has 1 aliphatic rings. The number of carbonyl (C=O) groups is 1. The summed E-state index contributed by atoms with van der Waals surface area (Å²) in [6, 6.07) is 0. The summed E-state index contributed by atoms with van der Waals surface area (Å²) in [5, 5.41) is 1.04. The first-order valence-electron chi connectivity index (χ1n) is 8.61. The van der Waals surface area contributed by atoms with Gasteiger partial charge in [0, 0.05) is 24.8 Å². The Morgan fingerprint density at radius 2 is 1.65 bits per heavy atom. The highest BCUT2D eigenvalue weighted by Gasteiger charge is 2.24.